The molecule has 0 bridgehead atoms. The lowest BCUT2D eigenvalue weighted by atomic mass is 10.5. The second-order valence-electron chi connectivity index (χ2n) is 2.05. The molecule has 0 atom stereocenters. The molecule has 0 spiro atoms. The monoisotopic (exact) mass is 140 g/mol. The van der Waals surface area contributed by atoms with Gasteiger partial charge in [0.1, 0.15) is 0 Å². The zero-order chi connectivity index (χ0) is 7.98. The van der Waals surface area contributed by atoms with Crippen LogP contribution in [0.5, 0.6) is 0 Å². The Kier molecular flexibility index (Phi) is 4.34. The van der Waals surface area contributed by atoms with Crippen LogP contribution in [0.2, 0.25) is 0 Å². The number of likely N-dealkylation sites (N-methyl/N-ethyl adjacent to an activating group) is 2. The van der Waals surface area contributed by atoms with E-state index < -0.39 is 0 Å². The van der Waals surface area contributed by atoms with Crippen molar-refractivity contribution in [2.75, 3.05) is 27.2 Å². The maximum Gasteiger partial charge on any atom is 0.233 e. The van der Waals surface area contributed by atoms with E-state index in [0.29, 0.717) is 13.1 Å². The van der Waals surface area contributed by atoms with Gasteiger partial charge in [0, 0.05) is 7.05 Å². The molecule has 1 N–H and O–H groups in total. The molecule has 3 heteroatoms. The average molecular weight is 140 g/mol. The molecule has 56 valence electrons. The molecular weight excluding hydrogens is 128 g/mol. The van der Waals surface area contributed by atoms with Crippen LogP contribution < -0.4 is 5.32 Å². The number of hydrogen-bond donors (Lipinski definition) is 1. The van der Waals surface area contributed by atoms with Gasteiger partial charge in [0.25, 0.3) is 0 Å². The molecule has 0 unspecified atom stereocenters. The van der Waals surface area contributed by atoms with Gasteiger partial charge in [-0.3, -0.25) is 9.69 Å². The van der Waals surface area contributed by atoms with Gasteiger partial charge in [0.15, 0.2) is 0 Å². The van der Waals surface area contributed by atoms with Gasteiger partial charge >= 0.3 is 0 Å². The highest BCUT2D eigenvalue weighted by molar-refractivity contribution is 5.77. The van der Waals surface area contributed by atoms with Crippen molar-refractivity contribution in [2.45, 2.75) is 0 Å². The van der Waals surface area contributed by atoms with Crippen LogP contribution in [0.4, 0.5) is 0 Å². The Morgan fingerprint density at radius 2 is 2.40 bits per heavy atom. The highest BCUT2D eigenvalue weighted by Crippen LogP contribution is 1.78. The summed E-state index contributed by atoms with van der Waals surface area (Å²) in [6, 6.07) is 0. The highest BCUT2D eigenvalue weighted by atomic mass is 16.1. The Labute approximate surface area is 61.4 Å². The number of rotatable bonds is 3. The van der Waals surface area contributed by atoms with Crippen LogP contribution in [0.25, 0.3) is 0 Å². The summed E-state index contributed by atoms with van der Waals surface area (Å²) in [4.78, 5) is 12.4. The minimum absolute atomic E-state index is 0.0160. The van der Waals surface area contributed by atoms with Crippen molar-refractivity contribution < 1.29 is 4.79 Å². The lowest BCUT2D eigenvalue weighted by Crippen LogP contribution is -2.33. The second-order valence-corrected chi connectivity index (χ2v) is 2.05. The van der Waals surface area contributed by atoms with Crippen molar-refractivity contribution in [3.05, 3.63) is 0 Å². The van der Waals surface area contributed by atoms with E-state index in [0.717, 1.165) is 0 Å². The first-order valence-electron chi connectivity index (χ1n) is 3.03. The van der Waals surface area contributed by atoms with Crippen LogP contribution in [0, 0.1) is 12.3 Å². The molecular formula is C7H12N2O. The van der Waals surface area contributed by atoms with Gasteiger partial charge in [0.05, 0.1) is 13.1 Å². The second kappa shape index (κ2) is 4.83. The molecule has 0 heterocycles. The van der Waals surface area contributed by atoms with Crippen molar-refractivity contribution in [3.63, 3.8) is 0 Å². The Bertz CT molecular complexity index is 148. The number of carbonyl (C=O) groups is 1. The molecule has 3 nitrogen and oxygen atoms in total. The lowest BCUT2D eigenvalue weighted by Gasteiger charge is -2.10. The van der Waals surface area contributed by atoms with Gasteiger partial charge in [-0.2, -0.15) is 0 Å². The zero-order valence-corrected chi connectivity index (χ0v) is 6.35. The molecule has 0 aliphatic rings. The van der Waals surface area contributed by atoms with Crippen molar-refractivity contribution in [1.82, 2.24) is 10.2 Å². The molecule has 0 fully saturated rings. The molecule has 0 rings (SSSR count). The molecule has 0 radical (unpaired) electrons. The predicted molar refractivity (Wildman–Crippen MR) is 40.4 cm³/mol. The molecule has 0 aromatic heterocycles. The van der Waals surface area contributed by atoms with E-state index in [1.807, 2.05) is 0 Å². The van der Waals surface area contributed by atoms with E-state index in [-0.39, 0.29) is 5.91 Å². The minimum atomic E-state index is -0.0160. The normalized spacial score (nSPS) is 9.00. The Morgan fingerprint density at radius 1 is 1.80 bits per heavy atom. The van der Waals surface area contributed by atoms with Crippen molar-refractivity contribution in [3.8, 4) is 12.3 Å². The van der Waals surface area contributed by atoms with Crippen molar-refractivity contribution in [1.29, 1.82) is 0 Å². The number of nitrogens with zero attached hydrogens (tertiary/aromatic N) is 1. The standard InChI is InChI=1S/C7H12N2O/c1-4-5-9(3)6-7(10)8-2/h1H,5-6H2,2-3H3,(H,8,10). The van der Waals surface area contributed by atoms with Gasteiger partial charge in [0.2, 0.25) is 5.91 Å². The first-order valence-corrected chi connectivity index (χ1v) is 3.03. The largest absolute Gasteiger partial charge is 0.358 e. The first-order chi connectivity index (χ1) is 4.70. The van der Waals surface area contributed by atoms with Gasteiger partial charge in [-0.05, 0) is 7.05 Å². The van der Waals surface area contributed by atoms with Crippen molar-refractivity contribution >= 4 is 5.91 Å². The van der Waals surface area contributed by atoms with Gasteiger partial charge in [-0.1, -0.05) is 5.92 Å². The smallest absolute Gasteiger partial charge is 0.233 e. The summed E-state index contributed by atoms with van der Waals surface area (Å²) in [6.07, 6.45) is 5.02. The van der Waals surface area contributed by atoms with Crippen LogP contribution in [-0.4, -0.2) is 38.0 Å². The topological polar surface area (TPSA) is 32.3 Å². The first kappa shape index (κ1) is 8.99. The van der Waals surface area contributed by atoms with Crippen LogP contribution in [0.15, 0.2) is 0 Å². The Morgan fingerprint density at radius 3 is 2.80 bits per heavy atom. The van der Waals surface area contributed by atoms with Crippen LogP contribution in [-0.2, 0) is 4.79 Å². The number of carbonyl (C=O) groups excluding carboxylic acids is 1. The number of nitrogens with one attached hydrogen (secondary N) is 1. The Hall–Kier alpha value is -1.01. The fraction of sp³-hybridized carbons (Fsp3) is 0.571. The summed E-state index contributed by atoms with van der Waals surface area (Å²) < 4.78 is 0. The van der Waals surface area contributed by atoms with Gasteiger partial charge < -0.3 is 5.32 Å². The van der Waals surface area contributed by atoms with Gasteiger partial charge in [-0.25, -0.2) is 0 Å². The van der Waals surface area contributed by atoms with E-state index in [9.17, 15) is 4.79 Å². The summed E-state index contributed by atoms with van der Waals surface area (Å²) in [6.45, 7) is 0.869. The summed E-state index contributed by atoms with van der Waals surface area (Å²) >= 11 is 0. The third kappa shape index (κ3) is 3.93. The molecule has 0 saturated carbocycles. The highest BCUT2D eigenvalue weighted by Gasteiger charge is 2.00. The van der Waals surface area contributed by atoms with Crippen LogP contribution in [0.1, 0.15) is 0 Å². The number of amides is 1. The number of terminal acetylenes is 1. The molecule has 10 heavy (non-hydrogen) atoms. The third-order valence-electron chi connectivity index (χ3n) is 1.05. The molecule has 0 aromatic rings. The number of hydrogen-bond acceptors (Lipinski definition) is 2. The predicted octanol–water partition coefficient (Wildman–Crippen LogP) is -0.703. The Balaban J connectivity index is 3.49. The maximum atomic E-state index is 10.7. The fourth-order valence-electron chi connectivity index (χ4n) is 0.536. The third-order valence-corrected chi connectivity index (χ3v) is 1.05. The quantitative estimate of drug-likeness (QED) is 0.526. The summed E-state index contributed by atoms with van der Waals surface area (Å²) in [5.74, 6) is 2.43. The maximum absolute atomic E-state index is 10.7. The summed E-state index contributed by atoms with van der Waals surface area (Å²) in [5.41, 5.74) is 0. The van der Waals surface area contributed by atoms with Crippen LogP contribution in [0.3, 0.4) is 0 Å². The van der Waals surface area contributed by atoms with E-state index in [2.05, 4.69) is 11.2 Å². The lowest BCUT2D eigenvalue weighted by molar-refractivity contribution is -0.121. The SMILES string of the molecule is C#CCN(C)CC(=O)NC. The molecule has 0 saturated heterocycles. The van der Waals surface area contributed by atoms with Crippen molar-refractivity contribution in [2.24, 2.45) is 0 Å². The molecule has 1 amide bonds. The van der Waals surface area contributed by atoms with E-state index in [4.69, 9.17) is 6.42 Å². The van der Waals surface area contributed by atoms with E-state index in [1.165, 1.54) is 0 Å². The fourth-order valence-corrected chi connectivity index (χ4v) is 0.536. The van der Waals surface area contributed by atoms with Gasteiger partial charge in [-0.15, -0.1) is 6.42 Å². The van der Waals surface area contributed by atoms with E-state index in [1.54, 1.807) is 19.0 Å². The molecule has 0 aromatic carbocycles. The zero-order valence-electron chi connectivity index (χ0n) is 6.35. The summed E-state index contributed by atoms with van der Waals surface area (Å²) in [5, 5.41) is 2.51. The van der Waals surface area contributed by atoms with Crippen LogP contribution >= 0.6 is 0 Å². The van der Waals surface area contributed by atoms with E-state index >= 15 is 0 Å². The summed E-state index contributed by atoms with van der Waals surface area (Å²) in [7, 11) is 3.40. The average Bonchev–Trinajstić information content (AvgIpc) is 1.88. The molecule has 0 aliphatic carbocycles. The molecule has 0 aliphatic heterocycles. The minimum Gasteiger partial charge on any atom is -0.358 e.